The Morgan fingerprint density at radius 3 is 2.58 bits per heavy atom. The van der Waals surface area contributed by atoms with Gasteiger partial charge in [0.15, 0.2) is 0 Å². The van der Waals surface area contributed by atoms with Crippen molar-refractivity contribution in [1.29, 1.82) is 0 Å². The fraction of sp³-hybridized carbons (Fsp3) is 0.938. The highest BCUT2D eigenvalue weighted by molar-refractivity contribution is 5.66. The molecule has 2 aliphatic rings. The normalized spacial score (nSPS) is 29.3. The van der Waals surface area contributed by atoms with E-state index in [1.165, 1.54) is 45.1 Å². The number of rotatable bonds is 4. The van der Waals surface area contributed by atoms with Crippen LogP contribution in [0.4, 0.5) is 0 Å². The van der Waals surface area contributed by atoms with E-state index in [1.807, 2.05) is 0 Å². The zero-order valence-corrected chi connectivity index (χ0v) is 12.5. The predicted molar refractivity (Wildman–Crippen MR) is 77.2 cm³/mol. The topological polar surface area (TPSA) is 40.5 Å². The van der Waals surface area contributed by atoms with Crippen LogP contribution in [0.5, 0.6) is 0 Å². The molecule has 1 atom stereocenters. The first-order valence-electron chi connectivity index (χ1n) is 7.92. The quantitative estimate of drug-likeness (QED) is 0.847. The standard InChI is InChI=1S/C16H29NO2/c1-16(2)9-7-14(8-10-16)17-11-3-4-13(12-17)5-6-15(18)19/h13-14H,3-12H2,1-2H3,(H,18,19). The minimum atomic E-state index is -0.642. The lowest BCUT2D eigenvalue weighted by atomic mass is 9.75. The summed E-state index contributed by atoms with van der Waals surface area (Å²) in [6.07, 6.45) is 9.03. The number of carboxylic acid groups (broad SMARTS) is 1. The maximum atomic E-state index is 10.7. The van der Waals surface area contributed by atoms with Crippen LogP contribution in [0.15, 0.2) is 0 Å². The van der Waals surface area contributed by atoms with Gasteiger partial charge in [-0.3, -0.25) is 4.79 Å². The molecule has 1 N–H and O–H groups in total. The summed E-state index contributed by atoms with van der Waals surface area (Å²) in [6, 6.07) is 0.764. The predicted octanol–water partition coefficient (Wildman–Crippen LogP) is 3.53. The second-order valence-corrected chi connectivity index (χ2v) is 7.33. The first-order valence-corrected chi connectivity index (χ1v) is 7.92. The minimum absolute atomic E-state index is 0.343. The summed E-state index contributed by atoms with van der Waals surface area (Å²) in [5, 5.41) is 8.80. The molecule has 1 aliphatic heterocycles. The van der Waals surface area contributed by atoms with E-state index in [2.05, 4.69) is 18.7 Å². The molecule has 0 bridgehead atoms. The second kappa shape index (κ2) is 6.25. The second-order valence-electron chi connectivity index (χ2n) is 7.33. The van der Waals surface area contributed by atoms with Crippen LogP contribution in [0.1, 0.15) is 65.2 Å². The molecule has 19 heavy (non-hydrogen) atoms. The first kappa shape index (κ1) is 14.8. The molecule has 2 fully saturated rings. The third kappa shape index (κ3) is 4.48. The van der Waals surface area contributed by atoms with E-state index in [0.29, 0.717) is 17.8 Å². The van der Waals surface area contributed by atoms with Crippen molar-refractivity contribution in [3.05, 3.63) is 0 Å². The average molecular weight is 267 g/mol. The lowest BCUT2D eigenvalue weighted by Crippen LogP contribution is -2.45. The molecule has 1 heterocycles. The van der Waals surface area contributed by atoms with Gasteiger partial charge in [-0.05, 0) is 62.8 Å². The maximum absolute atomic E-state index is 10.7. The summed E-state index contributed by atoms with van der Waals surface area (Å²) in [4.78, 5) is 13.3. The smallest absolute Gasteiger partial charge is 0.303 e. The average Bonchev–Trinajstić information content (AvgIpc) is 2.37. The van der Waals surface area contributed by atoms with E-state index in [1.54, 1.807) is 0 Å². The van der Waals surface area contributed by atoms with Crippen molar-refractivity contribution in [2.75, 3.05) is 13.1 Å². The van der Waals surface area contributed by atoms with Crippen molar-refractivity contribution in [3.8, 4) is 0 Å². The Morgan fingerprint density at radius 1 is 1.26 bits per heavy atom. The highest BCUT2D eigenvalue weighted by atomic mass is 16.4. The van der Waals surface area contributed by atoms with Crippen LogP contribution in [0.25, 0.3) is 0 Å². The molecule has 110 valence electrons. The third-order valence-corrected chi connectivity index (χ3v) is 5.14. The molecule has 0 aromatic rings. The van der Waals surface area contributed by atoms with Gasteiger partial charge in [-0.2, -0.15) is 0 Å². The van der Waals surface area contributed by atoms with Crippen molar-refractivity contribution in [1.82, 2.24) is 4.90 Å². The van der Waals surface area contributed by atoms with Gasteiger partial charge in [0.05, 0.1) is 0 Å². The van der Waals surface area contributed by atoms with Crippen molar-refractivity contribution in [3.63, 3.8) is 0 Å². The number of aliphatic carboxylic acids is 1. The summed E-state index contributed by atoms with van der Waals surface area (Å²) in [6.45, 7) is 7.14. The maximum Gasteiger partial charge on any atom is 0.303 e. The zero-order valence-electron chi connectivity index (χ0n) is 12.5. The Morgan fingerprint density at radius 2 is 1.95 bits per heavy atom. The summed E-state index contributed by atoms with van der Waals surface area (Å²) < 4.78 is 0. The summed E-state index contributed by atoms with van der Waals surface area (Å²) in [5.74, 6) is -0.0312. The molecule has 3 heteroatoms. The van der Waals surface area contributed by atoms with Crippen LogP contribution >= 0.6 is 0 Å². The molecule has 0 aromatic carbocycles. The van der Waals surface area contributed by atoms with Crippen LogP contribution in [-0.4, -0.2) is 35.1 Å². The molecule has 1 unspecified atom stereocenters. The summed E-state index contributed by atoms with van der Waals surface area (Å²) in [7, 11) is 0. The lowest BCUT2D eigenvalue weighted by Gasteiger charge is -2.43. The number of nitrogens with zero attached hydrogens (tertiary/aromatic N) is 1. The molecular formula is C16H29NO2. The molecule has 0 aromatic heterocycles. The fourth-order valence-corrected chi connectivity index (χ4v) is 3.74. The van der Waals surface area contributed by atoms with Gasteiger partial charge < -0.3 is 10.0 Å². The van der Waals surface area contributed by atoms with Gasteiger partial charge in [0.2, 0.25) is 0 Å². The highest BCUT2D eigenvalue weighted by Gasteiger charge is 2.32. The summed E-state index contributed by atoms with van der Waals surface area (Å²) in [5.41, 5.74) is 0.537. The van der Waals surface area contributed by atoms with Gasteiger partial charge in [-0.1, -0.05) is 13.8 Å². The number of carboxylic acids is 1. The monoisotopic (exact) mass is 267 g/mol. The van der Waals surface area contributed by atoms with Gasteiger partial charge in [-0.25, -0.2) is 0 Å². The van der Waals surface area contributed by atoms with Gasteiger partial charge in [0.25, 0.3) is 0 Å². The van der Waals surface area contributed by atoms with Gasteiger partial charge in [0.1, 0.15) is 0 Å². The molecule has 1 saturated carbocycles. The van der Waals surface area contributed by atoms with E-state index in [9.17, 15) is 4.79 Å². The lowest BCUT2D eigenvalue weighted by molar-refractivity contribution is -0.137. The number of hydrogen-bond donors (Lipinski definition) is 1. The molecule has 0 radical (unpaired) electrons. The van der Waals surface area contributed by atoms with Crippen LogP contribution in [0.2, 0.25) is 0 Å². The Labute approximate surface area is 117 Å². The molecule has 0 amide bonds. The van der Waals surface area contributed by atoms with E-state index >= 15 is 0 Å². The number of carbonyl (C=O) groups is 1. The minimum Gasteiger partial charge on any atom is -0.481 e. The van der Waals surface area contributed by atoms with Crippen LogP contribution in [0, 0.1) is 11.3 Å². The zero-order chi connectivity index (χ0) is 13.9. The van der Waals surface area contributed by atoms with Crippen LogP contribution in [-0.2, 0) is 4.79 Å². The Kier molecular flexibility index (Phi) is 4.88. The van der Waals surface area contributed by atoms with E-state index < -0.39 is 5.97 Å². The van der Waals surface area contributed by atoms with Crippen LogP contribution in [0.3, 0.4) is 0 Å². The highest BCUT2D eigenvalue weighted by Crippen LogP contribution is 2.38. The summed E-state index contributed by atoms with van der Waals surface area (Å²) >= 11 is 0. The largest absolute Gasteiger partial charge is 0.481 e. The number of likely N-dealkylation sites (tertiary alicyclic amines) is 1. The van der Waals surface area contributed by atoms with E-state index in [0.717, 1.165) is 19.0 Å². The SMILES string of the molecule is CC1(C)CCC(N2CCCC(CCC(=O)O)C2)CC1. The third-order valence-electron chi connectivity index (χ3n) is 5.14. The Balaban J connectivity index is 1.79. The van der Waals surface area contributed by atoms with Gasteiger partial charge >= 0.3 is 5.97 Å². The van der Waals surface area contributed by atoms with Crippen molar-refractivity contribution in [2.45, 2.75) is 71.3 Å². The fourth-order valence-electron chi connectivity index (χ4n) is 3.74. The van der Waals surface area contributed by atoms with Crippen molar-refractivity contribution >= 4 is 5.97 Å². The number of hydrogen-bond acceptors (Lipinski definition) is 2. The van der Waals surface area contributed by atoms with Crippen molar-refractivity contribution in [2.24, 2.45) is 11.3 Å². The van der Waals surface area contributed by atoms with Gasteiger partial charge in [-0.15, -0.1) is 0 Å². The molecule has 2 rings (SSSR count). The Hall–Kier alpha value is -0.570. The molecular weight excluding hydrogens is 238 g/mol. The van der Waals surface area contributed by atoms with Crippen molar-refractivity contribution < 1.29 is 9.90 Å². The van der Waals surface area contributed by atoms with Crippen LogP contribution < -0.4 is 0 Å². The number of piperidine rings is 1. The van der Waals surface area contributed by atoms with E-state index in [4.69, 9.17) is 5.11 Å². The van der Waals surface area contributed by atoms with Gasteiger partial charge in [0, 0.05) is 19.0 Å². The molecule has 3 nitrogen and oxygen atoms in total. The first-order chi connectivity index (χ1) is 8.96. The molecule has 1 aliphatic carbocycles. The molecule has 0 spiro atoms. The Bertz CT molecular complexity index is 304. The molecule has 1 saturated heterocycles. The van der Waals surface area contributed by atoms with E-state index in [-0.39, 0.29) is 0 Å².